The van der Waals surface area contributed by atoms with Crippen molar-refractivity contribution in [3.63, 3.8) is 0 Å². The van der Waals surface area contributed by atoms with Crippen LogP contribution in [0.4, 0.5) is 0 Å². The lowest BCUT2D eigenvalue weighted by molar-refractivity contribution is -0.119. The third-order valence-electron chi connectivity index (χ3n) is 4.68. The summed E-state index contributed by atoms with van der Waals surface area (Å²) in [6.45, 7) is 6.79. The van der Waals surface area contributed by atoms with Gasteiger partial charge in [0.15, 0.2) is 0 Å². The fourth-order valence-electron chi connectivity index (χ4n) is 3.45. The fourth-order valence-corrected chi connectivity index (χ4v) is 3.45. The van der Waals surface area contributed by atoms with Crippen molar-refractivity contribution in [2.24, 2.45) is 0 Å². The van der Waals surface area contributed by atoms with Crippen molar-refractivity contribution in [2.75, 3.05) is 13.1 Å². The normalized spacial score (nSPS) is 16.1. The molecule has 1 N–H and O–H groups in total. The first kappa shape index (κ1) is 16.7. The van der Waals surface area contributed by atoms with Gasteiger partial charge in [0.05, 0.1) is 0 Å². The molecule has 3 heteroatoms. The second-order valence-electron chi connectivity index (χ2n) is 6.82. The quantitative estimate of drug-likeness (QED) is 0.929. The number of likely N-dealkylation sites (tertiary alicyclic amines) is 1. The highest BCUT2D eigenvalue weighted by atomic mass is 16.1. The predicted octanol–water partition coefficient (Wildman–Crippen LogP) is 3.76. The molecule has 0 aliphatic carbocycles. The highest BCUT2D eigenvalue weighted by Crippen LogP contribution is 2.23. The largest absolute Gasteiger partial charge is 0.354 e. The maximum Gasteiger partial charge on any atom is 0.217 e. The van der Waals surface area contributed by atoms with E-state index in [9.17, 15) is 4.79 Å². The molecule has 0 bridgehead atoms. The Bertz CT molecular complexity index is 702. The van der Waals surface area contributed by atoms with E-state index in [1.807, 2.05) is 0 Å². The molecule has 2 aromatic carbocycles. The zero-order valence-electron chi connectivity index (χ0n) is 14.6. The summed E-state index contributed by atoms with van der Waals surface area (Å²) in [5.41, 5.74) is 5.20. The third-order valence-corrected chi connectivity index (χ3v) is 4.68. The van der Waals surface area contributed by atoms with Gasteiger partial charge < -0.3 is 5.32 Å². The number of carbonyl (C=O) groups is 1. The van der Waals surface area contributed by atoms with Crippen LogP contribution in [0.25, 0.3) is 11.1 Å². The maximum atomic E-state index is 11.2. The molecule has 1 fully saturated rings. The van der Waals surface area contributed by atoms with Crippen LogP contribution >= 0.6 is 0 Å². The number of hydrogen-bond donors (Lipinski definition) is 1. The monoisotopic (exact) mass is 322 g/mol. The first-order valence-corrected chi connectivity index (χ1v) is 8.75. The topological polar surface area (TPSA) is 32.3 Å². The standard InChI is InChI=1S/C21H26N2O/c1-16-5-3-7-19(13-16)20-8-4-6-18(14-20)15-23-11-9-21(10-12-23)22-17(2)24/h3-8,13-14,21H,9-12,15H2,1-2H3,(H,22,24). The van der Waals surface area contributed by atoms with Crippen LogP contribution in [0.15, 0.2) is 48.5 Å². The Morgan fingerprint density at radius 1 is 1.08 bits per heavy atom. The molecule has 1 aliphatic rings. The molecule has 1 aliphatic heterocycles. The van der Waals surface area contributed by atoms with E-state index in [2.05, 4.69) is 65.7 Å². The second-order valence-corrected chi connectivity index (χ2v) is 6.82. The SMILES string of the molecule is CC(=O)NC1CCN(Cc2cccc(-c3cccc(C)c3)c2)CC1. The number of piperidine rings is 1. The molecule has 24 heavy (non-hydrogen) atoms. The molecule has 0 saturated carbocycles. The van der Waals surface area contributed by atoms with Gasteiger partial charge in [0.1, 0.15) is 0 Å². The minimum Gasteiger partial charge on any atom is -0.354 e. The molecule has 1 amide bonds. The molecule has 3 rings (SSSR count). The number of rotatable bonds is 4. The Hall–Kier alpha value is -2.13. The number of benzene rings is 2. The van der Waals surface area contributed by atoms with Crippen LogP contribution in [0, 0.1) is 6.92 Å². The summed E-state index contributed by atoms with van der Waals surface area (Å²) in [6.07, 6.45) is 2.08. The summed E-state index contributed by atoms with van der Waals surface area (Å²) in [5, 5.41) is 3.04. The molecule has 126 valence electrons. The Labute approximate surface area is 144 Å². The molecule has 3 nitrogen and oxygen atoms in total. The van der Waals surface area contributed by atoms with E-state index in [-0.39, 0.29) is 5.91 Å². The Morgan fingerprint density at radius 3 is 2.42 bits per heavy atom. The van der Waals surface area contributed by atoms with Crippen LogP contribution in [0.2, 0.25) is 0 Å². The van der Waals surface area contributed by atoms with Gasteiger partial charge in [0, 0.05) is 32.6 Å². The number of carbonyl (C=O) groups excluding carboxylic acids is 1. The molecule has 0 unspecified atom stereocenters. The number of hydrogen-bond acceptors (Lipinski definition) is 2. The number of nitrogens with zero attached hydrogens (tertiary/aromatic N) is 1. The van der Waals surface area contributed by atoms with Crippen LogP contribution in [0.3, 0.4) is 0 Å². The smallest absolute Gasteiger partial charge is 0.217 e. The summed E-state index contributed by atoms with van der Waals surface area (Å²) in [7, 11) is 0. The highest BCUT2D eigenvalue weighted by molar-refractivity contribution is 5.73. The van der Waals surface area contributed by atoms with Crippen LogP contribution < -0.4 is 5.32 Å². The third kappa shape index (κ3) is 4.45. The van der Waals surface area contributed by atoms with Crippen molar-refractivity contribution in [3.05, 3.63) is 59.7 Å². The van der Waals surface area contributed by atoms with Gasteiger partial charge in [0.2, 0.25) is 5.91 Å². The van der Waals surface area contributed by atoms with Crippen molar-refractivity contribution >= 4 is 5.91 Å². The number of amides is 1. The van der Waals surface area contributed by atoms with Crippen molar-refractivity contribution in [1.29, 1.82) is 0 Å². The van der Waals surface area contributed by atoms with Gasteiger partial charge >= 0.3 is 0 Å². The molecule has 0 atom stereocenters. The van der Waals surface area contributed by atoms with Crippen LogP contribution in [-0.4, -0.2) is 29.9 Å². The molecule has 0 aromatic heterocycles. The van der Waals surface area contributed by atoms with Crippen LogP contribution in [0.1, 0.15) is 30.9 Å². The van der Waals surface area contributed by atoms with E-state index in [1.165, 1.54) is 22.3 Å². The first-order chi connectivity index (χ1) is 11.6. The average molecular weight is 322 g/mol. The number of aryl methyl sites for hydroxylation is 1. The highest BCUT2D eigenvalue weighted by Gasteiger charge is 2.19. The lowest BCUT2D eigenvalue weighted by atomic mass is 10.0. The first-order valence-electron chi connectivity index (χ1n) is 8.75. The van der Waals surface area contributed by atoms with E-state index < -0.39 is 0 Å². The van der Waals surface area contributed by atoms with E-state index in [0.29, 0.717) is 6.04 Å². The van der Waals surface area contributed by atoms with Crippen LogP contribution in [-0.2, 0) is 11.3 Å². The molecule has 2 aromatic rings. The van der Waals surface area contributed by atoms with Crippen molar-refractivity contribution < 1.29 is 4.79 Å². The average Bonchev–Trinajstić information content (AvgIpc) is 2.56. The van der Waals surface area contributed by atoms with Gasteiger partial charge in [-0.25, -0.2) is 0 Å². The van der Waals surface area contributed by atoms with E-state index in [0.717, 1.165) is 32.5 Å². The zero-order valence-corrected chi connectivity index (χ0v) is 14.6. The molecule has 0 radical (unpaired) electrons. The second kappa shape index (κ2) is 7.63. The maximum absolute atomic E-state index is 11.2. The van der Waals surface area contributed by atoms with Crippen molar-refractivity contribution in [2.45, 2.75) is 39.3 Å². The number of nitrogens with one attached hydrogen (secondary N) is 1. The molecular weight excluding hydrogens is 296 g/mol. The van der Waals surface area contributed by atoms with E-state index in [4.69, 9.17) is 0 Å². The van der Waals surface area contributed by atoms with Gasteiger partial charge in [0.25, 0.3) is 0 Å². The summed E-state index contributed by atoms with van der Waals surface area (Å²) < 4.78 is 0. The van der Waals surface area contributed by atoms with Gasteiger partial charge in [-0.3, -0.25) is 9.69 Å². The molecule has 0 spiro atoms. The summed E-state index contributed by atoms with van der Waals surface area (Å²) in [4.78, 5) is 13.6. The van der Waals surface area contributed by atoms with Gasteiger partial charge in [-0.15, -0.1) is 0 Å². The Balaban J connectivity index is 1.62. The van der Waals surface area contributed by atoms with Gasteiger partial charge in [-0.1, -0.05) is 48.0 Å². The molecule has 1 heterocycles. The molecular formula is C21H26N2O. The Kier molecular flexibility index (Phi) is 5.31. The minimum absolute atomic E-state index is 0.0827. The molecule has 1 saturated heterocycles. The summed E-state index contributed by atoms with van der Waals surface area (Å²) >= 11 is 0. The van der Waals surface area contributed by atoms with E-state index >= 15 is 0 Å². The van der Waals surface area contributed by atoms with Crippen LogP contribution in [0.5, 0.6) is 0 Å². The summed E-state index contributed by atoms with van der Waals surface area (Å²) in [6, 6.07) is 17.8. The Morgan fingerprint density at radius 2 is 1.75 bits per heavy atom. The lowest BCUT2D eigenvalue weighted by Crippen LogP contribution is -2.43. The minimum atomic E-state index is 0.0827. The van der Waals surface area contributed by atoms with Gasteiger partial charge in [-0.2, -0.15) is 0 Å². The zero-order chi connectivity index (χ0) is 16.9. The lowest BCUT2D eigenvalue weighted by Gasteiger charge is -2.32. The summed E-state index contributed by atoms with van der Waals surface area (Å²) in [5.74, 6) is 0.0827. The van der Waals surface area contributed by atoms with Crippen molar-refractivity contribution in [1.82, 2.24) is 10.2 Å². The van der Waals surface area contributed by atoms with E-state index in [1.54, 1.807) is 6.92 Å². The fraction of sp³-hybridized carbons (Fsp3) is 0.381. The van der Waals surface area contributed by atoms with Crippen molar-refractivity contribution in [3.8, 4) is 11.1 Å². The van der Waals surface area contributed by atoms with Gasteiger partial charge in [-0.05, 0) is 42.5 Å². The predicted molar refractivity (Wildman–Crippen MR) is 98.7 cm³/mol.